The Labute approximate surface area is 142 Å². The second-order valence-electron chi connectivity index (χ2n) is 6.79. The Kier molecular flexibility index (Phi) is 3.64. The lowest BCUT2D eigenvalue weighted by molar-refractivity contribution is 0.477. The van der Waals surface area contributed by atoms with E-state index in [1.54, 1.807) is 12.4 Å². The van der Waals surface area contributed by atoms with Crippen molar-refractivity contribution in [1.29, 1.82) is 0 Å². The molecule has 24 heavy (non-hydrogen) atoms. The number of para-hydroxylation sites is 1. The van der Waals surface area contributed by atoms with Crippen molar-refractivity contribution in [2.24, 2.45) is 0 Å². The lowest BCUT2D eigenvalue weighted by Crippen LogP contribution is -2.03. The van der Waals surface area contributed by atoms with Crippen molar-refractivity contribution >= 4 is 0 Å². The van der Waals surface area contributed by atoms with Crippen LogP contribution >= 0.6 is 0 Å². The van der Waals surface area contributed by atoms with Gasteiger partial charge in [0.1, 0.15) is 5.75 Å². The second kappa shape index (κ2) is 5.82. The highest BCUT2D eigenvalue weighted by molar-refractivity contribution is 5.76. The highest BCUT2D eigenvalue weighted by Gasteiger charge is 2.28. The van der Waals surface area contributed by atoms with E-state index in [9.17, 15) is 5.11 Å². The van der Waals surface area contributed by atoms with E-state index in [0.717, 1.165) is 24.0 Å². The molecule has 4 rings (SSSR count). The summed E-state index contributed by atoms with van der Waals surface area (Å²) in [6.45, 7) is 4.39. The molecular formula is C21H22N2O. The Balaban J connectivity index is 1.83. The Bertz CT molecular complexity index is 881. The standard InChI is InChI=1S/C21H22N2O/c1-13-9-19(18-5-3-4-6-20(18)24)14(2)21-15(7-8-17(13)21)10-16-11-22-12-23-16/h3-6,9,11-12,15,24H,7-8,10H2,1-2H3,(H,22,23). The number of hydrogen-bond acceptors (Lipinski definition) is 2. The molecule has 0 bridgehead atoms. The maximum absolute atomic E-state index is 10.3. The van der Waals surface area contributed by atoms with Crippen LogP contribution < -0.4 is 0 Å². The number of aromatic amines is 1. The first-order chi connectivity index (χ1) is 11.6. The van der Waals surface area contributed by atoms with Crippen LogP contribution in [0.25, 0.3) is 11.1 Å². The van der Waals surface area contributed by atoms with Crippen LogP contribution in [0.3, 0.4) is 0 Å². The first-order valence-corrected chi connectivity index (χ1v) is 8.53. The average Bonchev–Trinajstić information content (AvgIpc) is 3.22. The number of nitrogens with one attached hydrogen (secondary N) is 1. The molecule has 3 nitrogen and oxygen atoms in total. The fourth-order valence-corrected chi connectivity index (χ4v) is 4.19. The van der Waals surface area contributed by atoms with Crippen LogP contribution in [0.1, 0.15) is 40.3 Å². The van der Waals surface area contributed by atoms with E-state index in [-0.39, 0.29) is 0 Å². The summed E-state index contributed by atoms with van der Waals surface area (Å²) in [6.07, 6.45) is 6.99. The molecule has 1 aromatic heterocycles. The third-order valence-electron chi connectivity index (χ3n) is 5.34. The van der Waals surface area contributed by atoms with Crippen molar-refractivity contribution < 1.29 is 5.11 Å². The normalized spacial score (nSPS) is 16.3. The van der Waals surface area contributed by atoms with Crippen molar-refractivity contribution in [3.05, 3.63) is 70.8 Å². The van der Waals surface area contributed by atoms with Gasteiger partial charge in [0.05, 0.1) is 6.33 Å². The van der Waals surface area contributed by atoms with Crippen LogP contribution in [0.5, 0.6) is 5.75 Å². The molecular weight excluding hydrogens is 296 g/mol. The summed E-state index contributed by atoms with van der Waals surface area (Å²) in [7, 11) is 0. The van der Waals surface area contributed by atoms with Gasteiger partial charge < -0.3 is 10.1 Å². The second-order valence-corrected chi connectivity index (χ2v) is 6.79. The Morgan fingerprint density at radius 2 is 2.04 bits per heavy atom. The lowest BCUT2D eigenvalue weighted by Gasteiger charge is -2.19. The highest BCUT2D eigenvalue weighted by Crippen LogP contribution is 2.44. The van der Waals surface area contributed by atoms with Gasteiger partial charge in [0.25, 0.3) is 0 Å². The molecule has 3 heteroatoms. The molecule has 1 aliphatic rings. The number of hydrogen-bond donors (Lipinski definition) is 2. The van der Waals surface area contributed by atoms with Crippen molar-refractivity contribution in [2.75, 3.05) is 0 Å². The number of fused-ring (bicyclic) bond motifs is 1. The van der Waals surface area contributed by atoms with E-state index in [0.29, 0.717) is 11.7 Å². The minimum Gasteiger partial charge on any atom is -0.507 e. The molecule has 0 radical (unpaired) electrons. The summed E-state index contributed by atoms with van der Waals surface area (Å²) in [5, 5.41) is 10.3. The predicted molar refractivity (Wildman–Crippen MR) is 96.4 cm³/mol. The molecule has 3 aromatic rings. The number of imidazole rings is 1. The van der Waals surface area contributed by atoms with E-state index in [2.05, 4.69) is 29.9 Å². The zero-order chi connectivity index (χ0) is 16.7. The zero-order valence-corrected chi connectivity index (χ0v) is 14.1. The van der Waals surface area contributed by atoms with Crippen LogP contribution in [0.2, 0.25) is 0 Å². The van der Waals surface area contributed by atoms with Crippen LogP contribution in [0.15, 0.2) is 42.9 Å². The van der Waals surface area contributed by atoms with Gasteiger partial charge in [-0.1, -0.05) is 24.3 Å². The highest BCUT2D eigenvalue weighted by atomic mass is 16.3. The summed E-state index contributed by atoms with van der Waals surface area (Å²) < 4.78 is 0. The fourth-order valence-electron chi connectivity index (χ4n) is 4.19. The summed E-state index contributed by atoms with van der Waals surface area (Å²) in [5.41, 5.74) is 8.88. The topological polar surface area (TPSA) is 48.9 Å². The Hall–Kier alpha value is -2.55. The number of nitrogens with zero attached hydrogens (tertiary/aromatic N) is 1. The Morgan fingerprint density at radius 1 is 1.21 bits per heavy atom. The third kappa shape index (κ3) is 2.41. The van der Waals surface area contributed by atoms with Crippen molar-refractivity contribution in [1.82, 2.24) is 9.97 Å². The summed E-state index contributed by atoms with van der Waals surface area (Å²) in [5.74, 6) is 0.869. The number of rotatable bonds is 3. The summed E-state index contributed by atoms with van der Waals surface area (Å²) in [6, 6.07) is 9.86. The first-order valence-electron chi connectivity index (χ1n) is 8.53. The minimum atomic E-state index is 0.350. The van der Waals surface area contributed by atoms with Crippen molar-refractivity contribution in [3.63, 3.8) is 0 Å². The van der Waals surface area contributed by atoms with Gasteiger partial charge in [-0.15, -0.1) is 0 Å². The van der Waals surface area contributed by atoms with Gasteiger partial charge in [-0.05, 0) is 72.9 Å². The molecule has 0 fully saturated rings. The van der Waals surface area contributed by atoms with E-state index in [1.807, 2.05) is 24.4 Å². The largest absolute Gasteiger partial charge is 0.507 e. The summed E-state index contributed by atoms with van der Waals surface area (Å²) in [4.78, 5) is 7.38. The zero-order valence-electron chi connectivity index (χ0n) is 14.1. The van der Waals surface area contributed by atoms with E-state index >= 15 is 0 Å². The molecule has 1 aliphatic carbocycles. The van der Waals surface area contributed by atoms with Gasteiger partial charge in [-0.3, -0.25) is 0 Å². The third-order valence-corrected chi connectivity index (χ3v) is 5.34. The lowest BCUT2D eigenvalue weighted by atomic mass is 9.86. The molecule has 0 amide bonds. The van der Waals surface area contributed by atoms with E-state index < -0.39 is 0 Å². The first kappa shape index (κ1) is 15.0. The molecule has 0 aliphatic heterocycles. The van der Waals surface area contributed by atoms with Gasteiger partial charge in [0, 0.05) is 17.5 Å². The molecule has 1 atom stereocenters. The predicted octanol–water partition coefficient (Wildman–Crippen LogP) is 4.67. The fraction of sp³-hybridized carbons (Fsp3) is 0.286. The number of aryl methyl sites for hydroxylation is 1. The van der Waals surface area contributed by atoms with Crippen LogP contribution in [-0.2, 0) is 12.8 Å². The average molecular weight is 318 g/mol. The van der Waals surface area contributed by atoms with Gasteiger partial charge in [-0.25, -0.2) is 4.98 Å². The van der Waals surface area contributed by atoms with Crippen molar-refractivity contribution in [2.45, 2.75) is 39.0 Å². The quantitative estimate of drug-likeness (QED) is 0.737. The van der Waals surface area contributed by atoms with Crippen LogP contribution in [0.4, 0.5) is 0 Å². The van der Waals surface area contributed by atoms with E-state index in [1.165, 1.54) is 34.4 Å². The number of aromatic hydroxyl groups is 1. The van der Waals surface area contributed by atoms with Gasteiger partial charge in [-0.2, -0.15) is 0 Å². The molecule has 1 heterocycles. The molecule has 122 valence electrons. The number of benzene rings is 2. The molecule has 2 aromatic carbocycles. The maximum Gasteiger partial charge on any atom is 0.123 e. The van der Waals surface area contributed by atoms with Crippen molar-refractivity contribution in [3.8, 4) is 16.9 Å². The van der Waals surface area contributed by atoms with Crippen LogP contribution in [-0.4, -0.2) is 15.1 Å². The van der Waals surface area contributed by atoms with Gasteiger partial charge >= 0.3 is 0 Å². The molecule has 1 unspecified atom stereocenters. The number of phenols is 1. The van der Waals surface area contributed by atoms with E-state index in [4.69, 9.17) is 0 Å². The SMILES string of the molecule is Cc1cc(-c2ccccc2O)c(C)c2c1CCC2Cc1cnc[nH]1. The molecule has 0 saturated heterocycles. The molecule has 0 spiro atoms. The summed E-state index contributed by atoms with van der Waals surface area (Å²) >= 11 is 0. The molecule has 2 N–H and O–H groups in total. The molecule has 0 saturated carbocycles. The smallest absolute Gasteiger partial charge is 0.123 e. The number of phenolic OH excluding ortho intramolecular Hbond substituents is 1. The number of H-pyrrole nitrogens is 1. The number of aromatic nitrogens is 2. The van der Waals surface area contributed by atoms with Gasteiger partial charge in [0.15, 0.2) is 0 Å². The minimum absolute atomic E-state index is 0.350. The van der Waals surface area contributed by atoms with Crippen LogP contribution in [0, 0.1) is 13.8 Å². The maximum atomic E-state index is 10.3. The van der Waals surface area contributed by atoms with Gasteiger partial charge in [0.2, 0.25) is 0 Å². The monoisotopic (exact) mass is 318 g/mol. The Morgan fingerprint density at radius 3 is 2.79 bits per heavy atom.